The molecular formula is C10H19N3O2. The highest BCUT2D eigenvalue weighted by molar-refractivity contribution is 4.91. The van der Waals surface area contributed by atoms with Crippen LogP contribution < -0.4 is 0 Å². The third-order valence-electron chi connectivity index (χ3n) is 1.87. The molecule has 0 saturated heterocycles. The fourth-order valence-electron chi connectivity index (χ4n) is 1.15. The highest BCUT2D eigenvalue weighted by atomic mass is 16.5. The van der Waals surface area contributed by atoms with E-state index in [1.807, 2.05) is 13.2 Å². The second-order valence-corrected chi connectivity index (χ2v) is 3.36. The van der Waals surface area contributed by atoms with Gasteiger partial charge in [-0.15, -0.1) is 5.10 Å². The van der Waals surface area contributed by atoms with Gasteiger partial charge in [0.15, 0.2) is 0 Å². The maximum absolute atomic E-state index is 5.39. The zero-order valence-electron chi connectivity index (χ0n) is 9.48. The minimum atomic E-state index is 0.653. The van der Waals surface area contributed by atoms with Gasteiger partial charge in [-0.3, -0.25) is 4.68 Å². The zero-order valence-corrected chi connectivity index (χ0v) is 9.48. The molecule has 0 aromatic carbocycles. The quantitative estimate of drug-likeness (QED) is 0.599. The van der Waals surface area contributed by atoms with E-state index in [4.69, 9.17) is 9.47 Å². The van der Waals surface area contributed by atoms with E-state index < -0.39 is 0 Å². The van der Waals surface area contributed by atoms with Crippen molar-refractivity contribution < 1.29 is 9.47 Å². The van der Waals surface area contributed by atoms with Crippen LogP contribution in [0.1, 0.15) is 19.0 Å². The van der Waals surface area contributed by atoms with E-state index in [1.54, 1.807) is 4.68 Å². The normalized spacial score (nSPS) is 10.8. The Balaban J connectivity index is 1.93. The summed E-state index contributed by atoms with van der Waals surface area (Å²) in [4.78, 5) is 0. The summed E-state index contributed by atoms with van der Waals surface area (Å²) in [6.45, 7) is 4.91. The van der Waals surface area contributed by atoms with E-state index in [1.165, 1.54) is 0 Å². The Morgan fingerprint density at radius 1 is 1.20 bits per heavy atom. The maximum atomic E-state index is 5.39. The number of ether oxygens (including phenoxy) is 2. The van der Waals surface area contributed by atoms with E-state index in [9.17, 15) is 0 Å². The fraction of sp³-hybridized carbons (Fsp3) is 0.800. The molecule has 1 aromatic rings. The van der Waals surface area contributed by atoms with Gasteiger partial charge in [0.25, 0.3) is 0 Å². The van der Waals surface area contributed by atoms with Gasteiger partial charge >= 0.3 is 0 Å². The van der Waals surface area contributed by atoms with Crippen LogP contribution in [0.4, 0.5) is 0 Å². The minimum absolute atomic E-state index is 0.653. The van der Waals surface area contributed by atoms with Crippen LogP contribution in [0.3, 0.4) is 0 Å². The first kappa shape index (κ1) is 12.1. The summed E-state index contributed by atoms with van der Waals surface area (Å²) in [6.07, 6.45) is 3.76. The lowest BCUT2D eigenvalue weighted by atomic mass is 10.3. The zero-order chi connectivity index (χ0) is 10.9. The van der Waals surface area contributed by atoms with E-state index >= 15 is 0 Å². The molecule has 0 fully saturated rings. The van der Waals surface area contributed by atoms with Crippen molar-refractivity contribution in [3.8, 4) is 0 Å². The van der Waals surface area contributed by atoms with Gasteiger partial charge in [-0.2, -0.15) is 0 Å². The second-order valence-electron chi connectivity index (χ2n) is 3.36. The SMILES string of the molecule is CCCOCCOCCc1cn(C)nn1. The lowest BCUT2D eigenvalue weighted by Gasteiger charge is -2.03. The highest BCUT2D eigenvalue weighted by Crippen LogP contribution is 1.93. The molecule has 0 N–H and O–H groups in total. The Hall–Kier alpha value is -0.940. The van der Waals surface area contributed by atoms with Crippen LogP contribution in [0.2, 0.25) is 0 Å². The van der Waals surface area contributed by atoms with Crippen molar-refractivity contribution in [3.05, 3.63) is 11.9 Å². The van der Waals surface area contributed by atoms with Crippen LogP contribution in [0.5, 0.6) is 0 Å². The number of nitrogens with zero attached hydrogens (tertiary/aromatic N) is 3. The third-order valence-corrected chi connectivity index (χ3v) is 1.87. The molecular weight excluding hydrogens is 194 g/mol. The molecule has 0 amide bonds. The van der Waals surface area contributed by atoms with Crippen molar-refractivity contribution in [2.75, 3.05) is 26.4 Å². The Bertz CT molecular complexity index is 263. The van der Waals surface area contributed by atoms with E-state index in [0.29, 0.717) is 19.8 Å². The predicted octanol–water partition coefficient (Wildman–Crippen LogP) is 0.801. The van der Waals surface area contributed by atoms with Crippen molar-refractivity contribution in [2.45, 2.75) is 19.8 Å². The number of aromatic nitrogens is 3. The van der Waals surface area contributed by atoms with Crippen molar-refractivity contribution in [1.29, 1.82) is 0 Å². The Morgan fingerprint density at radius 2 is 1.93 bits per heavy atom. The molecule has 0 aliphatic carbocycles. The van der Waals surface area contributed by atoms with Crippen LogP contribution in [0.15, 0.2) is 6.20 Å². The van der Waals surface area contributed by atoms with E-state index in [2.05, 4.69) is 17.2 Å². The predicted molar refractivity (Wildman–Crippen MR) is 56.6 cm³/mol. The first-order valence-electron chi connectivity index (χ1n) is 5.33. The van der Waals surface area contributed by atoms with Crippen LogP contribution >= 0.6 is 0 Å². The number of rotatable bonds is 8. The van der Waals surface area contributed by atoms with Crippen molar-refractivity contribution in [2.24, 2.45) is 7.05 Å². The lowest BCUT2D eigenvalue weighted by molar-refractivity contribution is 0.0489. The Morgan fingerprint density at radius 3 is 2.53 bits per heavy atom. The average Bonchev–Trinajstić information content (AvgIpc) is 2.63. The summed E-state index contributed by atoms with van der Waals surface area (Å²) < 4.78 is 12.4. The summed E-state index contributed by atoms with van der Waals surface area (Å²) in [5.41, 5.74) is 0.965. The fourth-order valence-corrected chi connectivity index (χ4v) is 1.15. The van der Waals surface area contributed by atoms with Gasteiger partial charge in [0.2, 0.25) is 0 Å². The molecule has 5 heteroatoms. The molecule has 0 spiro atoms. The van der Waals surface area contributed by atoms with E-state index in [-0.39, 0.29) is 0 Å². The molecule has 1 heterocycles. The van der Waals surface area contributed by atoms with Crippen molar-refractivity contribution >= 4 is 0 Å². The lowest BCUT2D eigenvalue weighted by Crippen LogP contribution is -2.07. The third kappa shape index (κ3) is 5.49. The summed E-state index contributed by atoms with van der Waals surface area (Å²) in [6, 6.07) is 0. The number of aryl methyl sites for hydroxylation is 1. The molecule has 86 valence electrons. The Labute approximate surface area is 90.4 Å². The molecule has 0 unspecified atom stereocenters. The van der Waals surface area contributed by atoms with E-state index in [0.717, 1.165) is 25.1 Å². The van der Waals surface area contributed by atoms with Gasteiger partial charge in [0.05, 0.1) is 25.5 Å². The van der Waals surface area contributed by atoms with Gasteiger partial charge in [-0.05, 0) is 6.42 Å². The first-order chi connectivity index (χ1) is 7.33. The molecule has 0 aliphatic heterocycles. The van der Waals surface area contributed by atoms with Crippen LogP contribution in [0.25, 0.3) is 0 Å². The maximum Gasteiger partial charge on any atom is 0.0849 e. The van der Waals surface area contributed by atoms with Crippen molar-refractivity contribution in [3.63, 3.8) is 0 Å². The standard InChI is InChI=1S/C10H19N3O2/c1-3-5-14-7-8-15-6-4-10-9-13(2)12-11-10/h9H,3-8H2,1-2H3. The molecule has 0 aliphatic rings. The minimum Gasteiger partial charge on any atom is -0.379 e. The van der Waals surface area contributed by atoms with Crippen LogP contribution in [-0.2, 0) is 22.9 Å². The van der Waals surface area contributed by atoms with Crippen LogP contribution in [0, 0.1) is 0 Å². The number of hydrogen-bond donors (Lipinski definition) is 0. The molecule has 0 atom stereocenters. The molecule has 0 saturated carbocycles. The molecule has 0 radical (unpaired) electrons. The molecule has 5 nitrogen and oxygen atoms in total. The summed E-state index contributed by atoms with van der Waals surface area (Å²) in [5.74, 6) is 0. The summed E-state index contributed by atoms with van der Waals surface area (Å²) >= 11 is 0. The summed E-state index contributed by atoms with van der Waals surface area (Å²) in [5, 5.41) is 7.81. The molecule has 15 heavy (non-hydrogen) atoms. The van der Waals surface area contributed by atoms with Gasteiger partial charge in [0, 0.05) is 26.3 Å². The summed E-state index contributed by atoms with van der Waals surface area (Å²) in [7, 11) is 1.86. The smallest absolute Gasteiger partial charge is 0.0849 e. The first-order valence-corrected chi connectivity index (χ1v) is 5.33. The highest BCUT2D eigenvalue weighted by Gasteiger charge is 1.97. The largest absolute Gasteiger partial charge is 0.379 e. The average molecular weight is 213 g/mol. The monoisotopic (exact) mass is 213 g/mol. The van der Waals surface area contributed by atoms with Gasteiger partial charge < -0.3 is 9.47 Å². The molecule has 1 aromatic heterocycles. The van der Waals surface area contributed by atoms with Crippen molar-refractivity contribution in [1.82, 2.24) is 15.0 Å². The van der Waals surface area contributed by atoms with Gasteiger partial charge in [0.1, 0.15) is 0 Å². The molecule has 1 rings (SSSR count). The molecule has 0 bridgehead atoms. The number of hydrogen-bond acceptors (Lipinski definition) is 4. The van der Waals surface area contributed by atoms with Gasteiger partial charge in [-0.1, -0.05) is 12.1 Å². The van der Waals surface area contributed by atoms with Gasteiger partial charge in [-0.25, -0.2) is 0 Å². The topological polar surface area (TPSA) is 49.2 Å². The Kier molecular flexibility index (Phi) is 5.96. The second kappa shape index (κ2) is 7.36. The van der Waals surface area contributed by atoms with Crippen LogP contribution in [-0.4, -0.2) is 41.4 Å².